The van der Waals surface area contributed by atoms with Crippen LogP contribution in [-0.2, 0) is 9.53 Å². The van der Waals surface area contributed by atoms with Gasteiger partial charge in [-0.05, 0) is 25.7 Å². The van der Waals surface area contributed by atoms with Gasteiger partial charge in [0.25, 0.3) is 0 Å². The standard InChI is InChI=1S/C9H13F4NO2/c10-8(2-1-3-8)4-6(14)5-16-7(15)9(11,12)13/h6H,1-5,14H2/t6-/m1/s1. The minimum Gasteiger partial charge on any atom is -0.457 e. The number of halogens is 4. The van der Waals surface area contributed by atoms with Gasteiger partial charge in [0, 0.05) is 6.04 Å². The Labute approximate surface area is 89.9 Å². The second-order valence-electron chi connectivity index (χ2n) is 4.06. The van der Waals surface area contributed by atoms with E-state index in [1.165, 1.54) is 0 Å². The molecule has 1 aliphatic rings. The van der Waals surface area contributed by atoms with Crippen LogP contribution < -0.4 is 5.73 Å². The molecule has 1 fully saturated rings. The highest BCUT2D eigenvalue weighted by molar-refractivity contribution is 5.75. The van der Waals surface area contributed by atoms with Gasteiger partial charge in [-0.15, -0.1) is 0 Å². The van der Waals surface area contributed by atoms with E-state index in [-0.39, 0.29) is 6.42 Å². The Morgan fingerprint density at radius 1 is 1.44 bits per heavy atom. The first-order chi connectivity index (χ1) is 7.23. The minimum absolute atomic E-state index is 0.0713. The number of hydrogen-bond acceptors (Lipinski definition) is 3. The van der Waals surface area contributed by atoms with Crippen molar-refractivity contribution in [1.29, 1.82) is 0 Å². The van der Waals surface area contributed by atoms with E-state index in [9.17, 15) is 22.4 Å². The van der Waals surface area contributed by atoms with Crippen LogP contribution in [0.3, 0.4) is 0 Å². The molecule has 1 rings (SSSR count). The molecule has 0 radical (unpaired) electrons. The molecule has 1 atom stereocenters. The summed E-state index contributed by atoms with van der Waals surface area (Å²) < 4.78 is 52.6. The third kappa shape index (κ3) is 3.62. The third-order valence-electron chi connectivity index (χ3n) is 2.54. The van der Waals surface area contributed by atoms with Crippen molar-refractivity contribution in [3.05, 3.63) is 0 Å². The number of carbonyl (C=O) groups is 1. The molecule has 0 unspecified atom stereocenters. The number of hydrogen-bond donors (Lipinski definition) is 1. The molecule has 1 aliphatic carbocycles. The Bertz CT molecular complexity index is 263. The largest absolute Gasteiger partial charge is 0.490 e. The summed E-state index contributed by atoms with van der Waals surface area (Å²) in [6.45, 7) is -0.607. The van der Waals surface area contributed by atoms with Crippen LogP contribution in [0.2, 0.25) is 0 Å². The van der Waals surface area contributed by atoms with Crippen molar-refractivity contribution < 1.29 is 27.1 Å². The molecule has 0 amide bonds. The van der Waals surface area contributed by atoms with Crippen molar-refractivity contribution in [2.24, 2.45) is 5.73 Å². The summed E-state index contributed by atoms with van der Waals surface area (Å²) in [6, 6.07) is -0.892. The van der Waals surface area contributed by atoms with E-state index in [1.807, 2.05) is 0 Å². The van der Waals surface area contributed by atoms with Crippen LogP contribution in [0, 0.1) is 0 Å². The second kappa shape index (κ2) is 4.57. The van der Waals surface area contributed by atoms with E-state index >= 15 is 0 Å². The van der Waals surface area contributed by atoms with Gasteiger partial charge in [0.2, 0.25) is 0 Å². The van der Waals surface area contributed by atoms with Crippen molar-refractivity contribution in [2.75, 3.05) is 6.61 Å². The van der Waals surface area contributed by atoms with E-state index in [0.717, 1.165) is 6.42 Å². The minimum atomic E-state index is -5.02. The predicted molar refractivity (Wildman–Crippen MR) is 47.3 cm³/mol. The highest BCUT2D eigenvalue weighted by Gasteiger charge is 2.42. The lowest BCUT2D eigenvalue weighted by atomic mass is 9.78. The quantitative estimate of drug-likeness (QED) is 0.604. The van der Waals surface area contributed by atoms with Crippen molar-refractivity contribution in [2.45, 2.75) is 43.6 Å². The fraction of sp³-hybridized carbons (Fsp3) is 0.889. The summed E-state index contributed by atoms with van der Waals surface area (Å²) in [6.07, 6.45) is -3.60. The maximum atomic E-state index is 13.5. The van der Waals surface area contributed by atoms with Crippen LogP contribution >= 0.6 is 0 Å². The lowest BCUT2D eigenvalue weighted by Gasteiger charge is -2.35. The Morgan fingerprint density at radius 3 is 2.38 bits per heavy atom. The highest BCUT2D eigenvalue weighted by Crippen LogP contribution is 2.39. The molecule has 1 saturated carbocycles. The number of alkyl halides is 4. The number of nitrogens with two attached hydrogens (primary N) is 1. The number of carbonyl (C=O) groups excluding carboxylic acids is 1. The molecule has 0 aromatic rings. The van der Waals surface area contributed by atoms with Gasteiger partial charge < -0.3 is 10.5 Å². The zero-order chi connectivity index (χ0) is 12.4. The highest BCUT2D eigenvalue weighted by atomic mass is 19.4. The van der Waals surface area contributed by atoms with Crippen molar-refractivity contribution >= 4 is 5.97 Å². The first-order valence-corrected chi connectivity index (χ1v) is 4.91. The molecule has 0 spiro atoms. The lowest BCUT2D eigenvalue weighted by Crippen LogP contribution is -2.42. The Kier molecular flexibility index (Phi) is 3.77. The smallest absolute Gasteiger partial charge is 0.457 e. The second-order valence-corrected chi connectivity index (χ2v) is 4.06. The molecule has 0 bridgehead atoms. The van der Waals surface area contributed by atoms with E-state index in [2.05, 4.69) is 4.74 Å². The molecule has 16 heavy (non-hydrogen) atoms. The number of rotatable bonds is 4. The molecule has 0 aromatic heterocycles. The molecular weight excluding hydrogens is 230 g/mol. The molecule has 0 aliphatic heterocycles. The van der Waals surface area contributed by atoms with Crippen LogP contribution in [0.5, 0.6) is 0 Å². The van der Waals surface area contributed by atoms with Gasteiger partial charge in [0.15, 0.2) is 0 Å². The normalized spacial score (nSPS) is 21.1. The zero-order valence-electron chi connectivity index (χ0n) is 8.52. The summed E-state index contributed by atoms with van der Waals surface area (Å²) >= 11 is 0. The fourth-order valence-corrected chi connectivity index (χ4v) is 1.56. The van der Waals surface area contributed by atoms with Crippen LogP contribution in [0.25, 0.3) is 0 Å². The predicted octanol–water partition coefficient (Wildman–Crippen LogP) is 1.70. The van der Waals surface area contributed by atoms with E-state index in [4.69, 9.17) is 5.73 Å². The summed E-state index contributed by atoms with van der Waals surface area (Å²) in [5.41, 5.74) is 3.99. The van der Waals surface area contributed by atoms with Gasteiger partial charge >= 0.3 is 12.1 Å². The number of ether oxygens (including phenoxy) is 1. The molecule has 7 heteroatoms. The lowest BCUT2D eigenvalue weighted by molar-refractivity contribution is -0.200. The monoisotopic (exact) mass is 243 g/mol. The van der Waals surface area contributed by atoms with Crippen molar-refractivity contribution in [1.82, 2.24) is 0 Å². The Morgan fingerprint density at radius 2 is 2.00 bits per heavy atom. The van der Waals surface area contributed by atoms with E-state index < -0.39 is 30.5 Å². The Hall–Kier alpha value is -0.850. The maximum absolute atomic E-state index is 13.5. The van der Waals surface area contributed by atoms with Gasteiger partial charge in [0.1, 0.15) is 12.3 Å². The first-order valence-electron chi connectivity index (χ1n) is 4.91. The van der Waals surface area contributed by atoms with Crippen LogP contribution in [0.4, 0.5) is 17.6 Å². The average molecular weight is 243 g/mol. The summed E-state index contributed by atoms with van der Waals surface area (Å²) in [5, 5.41) is 0. The van der Waals surface area contributed by atoms with Gasteiger partial charge in [-0.1, -0.05) is 0 Å². The van der Waals surface area contributed by atoms with Gasteiger partial charge in [-0.3, -0.25) is 0 Å². The Balaban J connectivity index is 2.25. The van der Waals surface area contributed by atoms with E-state index in [0.29, 0.717) is 12.8 Å². The third-order valence-corrected chi connectivity index (χ3v) is 2.54. The SMILES string of the molecule is N[C@@H](COC(=O)C(F)(F)F)CC1(F)CCC1. The van der Waals surface area contributed by atoms with E-state index in [1.54, 1.807) is 0 Å². The molecule has 3 nitrogen and oxygen atoms in total. The maximum Gasteiger partial charge on any atom is 0.490 e. The van der Waals surface area contributed by atoms with Crippen LogP contribution in [0.15, 0.2) is 0 Å². The summed E-state index contributed by atoms with van der Waals surface area (Å²) in [7, 11) is 0. The van der Waals surface area contributed by atoms with Crippen LogP contribution in [-0.4, -0.2) is 30.5 Å². The molecular formula is C9H13F4NO2. The first kappa shape index (κ1) is 13.2. The molecule has 0 heterocycles. The summed E-state index contributed by atoms with van der Waals surface area (Å²) in [4.78, 5) is 10.3. The van der Waals surface area contributed by atoms with Crippen molar-refractivity contribution in [3.8, 4) is 0 Å². The fourth-order valence-electron chi connectivity index (χ4n) is 1.56. The van der Waals surface area contributed by atoms with Gasteiger partial charge in [-0.25, -0.2) is 9.18 Å². The molecule has 94 valence electrons. The molecule has 0 saturated heterocycles. The van der Waals surface area contributed by atoms with Gasteiger partial charge in [-0.2, -0.15) is 13.2 Å². The van der Waals surface area contributed by atoms with Crippen molar-refractivity contribution in [3.63, 3.8) is 0 Å². The van der Waals surface area contributed by atoms with Crippen LogP contribution in [0.1, 0.15) is 25.7 Å². The molecule has 2 N–H and O–H groups in total. The molecule has 0 aromatic carbocycles. The number of esters is 1. The average Bonchev–Trinajstić information content (AvgIpc) is 2.10. The zero-order valence-corrected chi connectivity index (χ0v) is 8.52. The topological polar surface area (TPSA) is 52.3 Å². The van der Waals surface area contributed by atoms with Gasteiger partial charge in [0.05, 0.1) is 0 Å². The summed E-state index contributed by atoms with van der Waals surface area (Å²) in [5.74, 6) is -2.29.